The molecule has 0 radical (unpaired) electrons. The fourth-order valence-corrected chi connectivity index (χ4v) is 4.88. The van der Waals surface area contributed by atoms with E-state index in [0.29, 0.717) is 6.54 Å². The van der Waals surface area contributed by atoms with Gasteiger partial charge in [-0.2, -0.15) is 0 Å². The number of aliphatic hydroxyl groups excluding tert-OH is 1. The van der Waals surface area contributed by atoms with E-state index in [9.17, 15) is 5.11 Å². The average molecular weight is 340 g/mol. The summed E-state index contributed by atoms with van der Waals surface area (Å²) in [5.41, 5.74) is 2.42. The van der Waals surface area contributed by atoms with E-state index in [1.807, 2.05) is 0 Å². The fraction of sp³-hybridized carbons (Fsp3) is 0.400. The molecule has 2 atom stereocenters. The molecule has 0 saturated carbocycles. The first-order valence-electron chi connectivity index (χ1n) is 8.74. The first kappa shape index (κ1) is 16.0. The van der Waals surface area contributed by atoms with Crippen LogP contribution in [0.2, 0.25) is 0 Å². The second-order valence-electron chi connectivity index (χ2n) is 6.60. The Hall–Kier alpha value is -1.49. The van der Waals surface area contributed by atoms with Crippen molar-refractivity contribution in [2.75, 3.05) is 12.8 Å². The molecule has 0 amide bonds. The summed E-state index contributed by atoms with van der Waals surface area (Å²) in [4.78, 5) is 0. The van der Waals surface area contributed by atoms with Gasteiger partial charge in [-0.05, 0) is 31.2 Å². The van der Waals surface area contributed by atoms with Crippen molar-refractivity contribution in [1.82, 2.24) is 8.87 Å². The highest BCUT2D eigenvalue weighted by molar-refractivity contribution is 7.96. The lowest BCUT2D eigenvalue weighted by Crippen LogP contribution is -2.44. The predicted octanol–water partition coefficient (Wildman–Crippen LogP) is 4.29. The molecule has 0 aliphatic carbocycles. The van der Waals surface area contributed by atoms with E-state index >= 15 is 0 Å². The van der Waals surface area contributed by atoms with Crippen molar-refractivity contribution in [2.24, 2.45) is 0 Å². The Labute approximate surface area is 147 Å². The van der Waals surface area contributed by atoms with E-state index in [4.69, 9.17) is 0 Å². The van der Waals surface area contributed by atoms with Crippen LogP contribution in [0.15, 0.2) is 48.5 Å². The number of rotatable bonds is 4. The van der Waals surface area contributed by atoms with Crippen molar-refractivity contribution in [1.29, 1.82) is 0 Å². The number of fused-ring (bicyclic) bond motifs is 3. The summed E-state index contributed by atoms with van der Waals surface area (Å²) >= 11 is 1.77. The standard InChI is InChI=1S/C20H24N2OS/c1-24-22-13-7-6-12-19(22)20(23)14-21-17-10-4-2-8-15(17)16-9-3-5-11-18(16)21/h2-5,8-11,19-20,23H,6-7,12-14H2,1H3. The smallest absolute Gasteiger partial charge is 0.0883 e. The third-order valence-electron chi connectivity index (χ3n) is 5.23. The predicted molar refractivity (Wildman–Crippen MR) is 103 cm³/mol. The number of aromatic nitrogens is 1. The van der Waals surface area contributed by atoms with Gasteiger partial charge in [-0.1, -0.05) is 54.8 Å². The van der Waals surface area contributed by atoms with Gasteiger partial charge in [0.15, 0.2) is 0 Å². The molecule has 0 bridgehead atoms. The van der Waals surface area contributed by atoms with E-state index in [1.165, 1.54) is 34.6 Å². The first-order chi connectivity index (χ1) is 11.8. The molecule has 126 valence electrons. The summed E-state index contributed by atoms with van der Waals surface area (Å²) in [6.07, 6.45) is 5.30. The van der Waals surface area contributed by atoms with Crippen molar-refractivity contribution in [3.63, 3.8) is 0 Å². The summed E-state index contributed by atoms with van der Waals surface area (Å²) < 4.78 is 4.66. The van der Waals surface area contributed by atoms with Gasteiger partial charge >= 0.3 is 0 Å². The zero-order valence-corrected chi connectivity index (χ0v) is 14.9. The third kappa shape index (κ3) is 2.73. The zero-order chi connectivity index (χ0) is 16.5. The molecule has 4 rings (SSSR count). The van der Waals surface area contributed by atoms with Crippen molar-refractivity contribution in [3.8, 4) is 0 Å². The van der Waals surface area contributed by atoms with Gasteiger partial charge in [0.2, 0.25) is 0 Å². The van der Waals surface area contributed by atoms with Crippen molar-refractivity contribution in [2.45, 2.75) is 38.0 Å². The van der Waals surface area contributed by atoms with Crippen LogP contribution in [0.25, 0.3) is 21.8 Å². The van der Waals surface area contributed by atoms with Crippen molar-refractivity contribution in [3.05, 3.63) is 48.5 Å². The van der Waals surface area contributed by atoms with Crippen LogP contribution in [0.1, 0.15) is 19.3 Å². The fourth-order valence-electron chi connectivity index (χ4n) is 4.05. The van der Waals surface area contributed by atoms with Crippen LogP contribution in [0.3, 0.4) is 0 Å². The number of hydrogen-bond acceptors (Lipinski definition) is 3. The van der Waals surface area contributed by atoms with Crippen molar-refractivity contribution < 1.29 is 5.11 Å². The topological polar surface area (TPSA) is 28.4 Å². The van der Waals surface area contributed by atoms with E-state index < -0.39 is 0 Å². The number of piperidine rings is 1. The molecule has 24 heavy (non-hydrogen) atoms. The lowest BCUT2D eigenvalue weighted by Gasteiger charge is -2.37. The summed E-state index contributed by atoms with van der Waals surface area (Å²) in [6.45, 7) is 1.73. The number of nitrogens with zero attached hydrogens (tertiary/aromatic N) is 2. The Morgan fingerprint density at radius 1 is 1.04 bits per heavy atom. The van der Waals surface area contributed by atoms with Crippen LogP contribution in [-0.4, -0.2) is 38.9 Å². The molecule has 0 spiro atoms. The van der Waals surface area contributed by atoms with E-state index in [-0.39, 0.29) is 12.1 Å². The summed E-state index contributed by atoms with van der Waals surface area (Å²) in [6, 6.07) is 17.3. The molecule has 1 aliphatic heterocycles. The Morgan fingerprint density at radius 2 is 1.67 bits per heavy atom. The molecule has 1 saturated heterocycles. The minimum absolute atomic E-state index is 0.244. The lowest BCUT2D eigenvalue weighted by molar-refractivity contribution is 0.0633. The molecule has 2 heterocycles. The SMILES string of the molecule is CSN1CCCCC1C(O)Cn1c2ccccc2c2ccccc21. The van der Waals surface area contributed by atoms with Gasteiger partial charge in [0.05, 0.1) is 12.6 Å². The van der Waals surface area contributed by atoms with Crippen LogP contribution in [0, 0.1) is 0 Å². The number of aliphatic hydroxyl groups is 1. The minimum atomic E-state index is -0.350. The van der Waals surface area contributed by atoms with Gasteiger partial charge in [-0.15, -0.1) is 0 Å². The van der Waals surface area contributed by atoms with Crippen LogP contribution in [0.5, 0.6) is 0 Å². The highest BCUT2D eigenvalue weighted by atomic mass is 32.2. The van der Waals surface area contributed by atoms with Gasteiger partial charge in [0, 0.05) is 34.4 Å². The van der Waals surface area contributed by atoms with E-state index in [0.717, 1.165) is 13.0 Å². The molecule has 2 unspecified atom stereocenters. The molecule has 2 aromatic carbocycles. The Morgan fingerprint density at radius 3 is 2.29 bits per heavy atom. The van der Waals surface area contributed by atoms with Crippen LogP contribution in [-0.2, 0) is 6.54 Å². The highest BCUT2D eigenvalue weighted by Gasteiger charge is 2.29. The third-order valence-corrected chi connectivity index (χ3v) is 6.15. The quantitative estimate of drug-likeness (QED) is 0.718. The minimum Gasteiger partial charge on any atom is -0.390 e. The van der Waals surface area contributed by atoms with Gasteiger partial charge < -0.3 is 9.67 Å². The second kappa shape index (κ2) is 6.79. The summed E-state index contributed by atoms with van der Waals surface area (Å²) in [7, 11) is 0. The molecule has 1 aromatic heterocycles. The van der Waals surface area contributed by atoms with Crippen LogP contribution >= 0.6 is 11.9 Å². The number of para-hydroxylation sites is 2. The molecule has 3 aromatic rings. The van der Waals surface area contributed by atoms with E-state index in [2.05, 4.69) is 63.7 Å². The van der Waals surface area contributed by atoms with Gasteiger partial charge in [0.1, 0.15) is 0 Å². The van der Waals surface area contributed by atoms with Gasteiger partial charge in [-0.25, -0.2) is 4.31 Å². The molecular formula is C20H24N2OS. The largest absolute Gasteiger partial charge is 0.390 e. The molecular weight excluding hydrogens is 316 g/mol. The molecule has 1 fully saturated rings. The Bertz CT molecular complexity index is 791. The molecule has 1 aliphatic rings. The van der Waals surface area contributed by atoms with Gasteiger partial charge in [-0.3, -0.25) is 0 Å². The zero-order valence-electron chi connectivity index (χ0n) is 14.1. The maximum Gasteiger partial charge on any atom is 0.0883 e. The number of benzene rings is 2. The maximum atomic E-state index is 11.0. The molecule has 1 N–H and O–H groups in total. The van der Waals surface area contributed by atoms with E-state index in [1.54, 1.807) is 11.9 Å². The Kier molecular flexibility index (Phi) is 4.53. The van der Waals surface area contributed by atoms with Crippen LogP contribution in [0.4, 0.5) is 0 Å². The average Bonchev–Trinajstić information content (AvgIpc) is 2.96. The Balaban J connectivity index is 1.73. The number of hydrogen-bond donors (Lipinski definition) is 1. The van der Waals surface area contributed by atoms with Crippen LogP contribution < -0.4 is 0 Å². The monoisotopic (exact) mass is 340 g/mol. The summed E-state index contributed by atoms with van der Waals surface area (Å²) in [5.74, 6) is 0. The molecule has 4 heteroatoms. The first-order valence-corrected chi connectivity index (χ1v) is 9.92. The maximum absolute atomic E-state index is 11.0. The highest BCUT2D eigenvalue weighted by Crippen LogP contribution is 2.31. The van der Waals surface area contributed by atoms with Gasteiger partial charge in [0.25, 0.3) is 0 Å². The van der Waals surface area contributed by atoms with Crippen molar-refractivity contribution >= 4 is 33.8 Å². The molecule has 3 nitrogen and oxygen atoms in total. The summed E-state index contributed by atoms with van der Waals surface area (Å²) in [5, 5.41) is 13.5. The normalized spacial score (nSPS) is 20.7. The lowest BCUT2D eigenvalue weighted by atomic mass is 9.99. The second-order valence-corrected chi connectivity index (χ2v) is 7.43.